The van der Waals surface area contributed by atoms with Gasteiger partial charge in [0, 0.05) is 5.39 Å². The Balaban J connectivity index is 1.70. The zero-order valence-corrected chi connectivity index (χ0v) is 16.2. The highest BCUT2D eigenvalue weighted by Crippen LogP contribution is 2.27. The van der Waals surface area contributed by atoms with Crippen LogP contribution in [0.1, 0.15) is 18.1 Å². The van der Waals surface area contributed by atoms with Crippen molar-refractivity contribution in [2.45, 2.75) is 13.8 Å². The molecule has 0 spiro atoms. The molecule has 7 heteroatoms. The van der Waals surface area contributed by atoms with Crippen LogP contribution in [0.15, 0.2) is 74.0 Å². The number of benzene rings is 2. The zero-order chi connectivity index (χ0) is 19.7. The highest BCUT2D eigenvalue weighted by atomic mass is 32.2. The van der Waals surface area contributed by atoms with Crippen molar-refractivity contribution in [2.24, 2.45) is 10.2 Å². The first-order valence-corrected chi connectivity index (χ1v) is 9.69. The summed E-state index contributed by atoms with van der Waals surface area (Å²) in [6, 6.07) is 16.7. The lowest BCUT2D eigenvalue weighted by atomic mass is 10.1. The Labute approximate surface area is 165 Å². The number of amidine groups is 1. The van der Waals surface area contributed by atoms with E-state index in [1.54, 1.807) is 24.0 Å². The Morgan fingerprint density at radius 3 is 2.75 bits per heavy atom. The lowest BCUT2D eigenvalue weighted by Gasteiger charge is -2.15. The van der Waals surface area contributed by atoms with Gasteiger partial charge in [0.15, 0.2) is 5.17 Å². The van der Waals surface area contributed by atoms with Gasteiger partial charge in [0.05, 0.1) is 22.7 Å². The van der Waals surface area contributed by atoms with Crippen LogP contribution in [0.4, 0.5) is 5.69 Å². The number of fused-ring (bicyclic) bond motifs is 1. The summed E-state index contributed by atoms with van der Waals surface area (Å²) in [6.45, 7) is 3.67. The largest absolute Gasteiger partial charge is 0.422 e. The summed E-state index contributed by atoms with van der Waals surface area (Å²) in [4.78, 5) is 26.2. The van der Waals surface area contributed by atoms with Crippen molar-refractivity contribution in [3.8, 4) is 0 Å². The van der Waals surface area contributed by atoms with E-state index < -0.39 is 5.63 Å². The molecule has 1 amide bonds. The topological polar surface area (TPSA) is 75.2 Å². The first kappa shape index (κ1) is 18.2. The molecular weight excluding hydrogens is 374 g/mol. The third-order valence-corrected chi connectivity index (χ3v) is 5.26. The minimum Gasteiger partial charge on any atom is -0.422 e. The maximum atomic E-state index is 12.3. The minimum absolute atomic E-state index is 0.0487. The van der Waals surface area contributed by atoms with Crippen LogP contribution < -0.4 is 10.5 Å². The lowest BCUT2D eigenvalue weighted by Crippen LogP contribution is -2.29. The minimum atomic E-state index is -0.467. The van der Waals surface area contributed by atoms with Crippen molar-refractivity contribution in [3.63, 3.8) is 0 Å². The highest BCUT2D eigenvalue weighted by molar-refractivity contribution is 8.15. The smallest absolute Gasteiger partial charge is 0.345 e. The van der Waals surface area contributed by atoms with Crippen molar-refractivity contribution < 1.29 is 9.21 Å². The Hall–Kier alpha value is -3.19. The fourth-order valence-electron chi connectivity index (χ4n) is 2.94. The number of carbonyl (C=O) groups excluding carboxylic acids is 1. The Kier molecular flexibility index (Phi) is 4.83. The van der Waals surface area contributed by atoms with Crippen LogP contribution in [0.2, 0.25) is 0 Å². The second-order valence-electron chi connectivity index (χ2n) is 6.41. The van der Waals surface area contributed by atoms with Gasteiger partial charge < -0.3 is 4.42 Å². The number of anilines is 1. The molecule has 0 unspecified atom stereocenters. The molecule has 28 heavy (non-hydrogen) atoms. The number of aryl methyl sites for hydroxylation is 1. The molecule has 3 aromatic rings. The number of nitrogens with zero attached hydrogens (tertiary/aromatic N) is 3. The van der Waals surface area contributed by atoms with Gasteiger partial charge in [-0.15, -0.1) is 5.10 Å². The average Bonchev–Trinajstić information content (AvgIpc) is 3.06. The monoisotopic (exact) mass is 391 g/mol. The molecular formula is C21H17N3O3S. The van der Waals surface area contributed by atoms with Gasteiger partial charge in [-0.05, 0) is 43.7 Å². The summed E-state index contributed by atoms with van der Waals surface area (Å²) in [5.41, 5.74) is 2.64. The summed E-state index contributed by atoms with van der Waals surface area (Å²) in [5, 5.41) is 9.75. The molecule has 0 atom stereocenters. The van der Waals surface area contributed by atoms with Gasteiger partial charge in [0.2, 0.25) is 5.91 Å². The molecule has 1 aromatic heterocycles. The van der Waals surface area contributed by atoms with Crippen LogP contribution >= 0.6 is 11.8 Å². The van der Waals surface area contributed by atoms with Crippen LogP contribution in [-0.4, -0.2) is 22.5 Å². The summed E-state index contributed by atoms with van der Waals surface area (Å²) >= 11 is 1.32. The molecule has 0 saturated carbocycles. The number of para-hydroxylation sites is 1. The van der Waals surface area contributed by atoms with E-state index >= 15 is 0 Å². The van der Waals surface area contributed by atoms with Crippen LogP contribution in [0.3, 0.4) is 0 Å². The molecule has 140 valence electrons. The fourth-order valence-corrected chi connectivity index (χ4v) is 3.76. The molecule has 1 fully saturated rings. The van der Waals surface area contributed by atoms with E-state index in [0.29, 0.717) is 27.8 Å². The van der Waals surface area contributed by atoms with E-state index in [0.717, 1.165) is 16.6 Å². The Bertz CT molecular complexity index is 1200. The number of rotatable bonds is 3. The number of hydrogen-bond donors (Lipinski definition) is 0. The van der Waals surface area contributed by atoms with Gasteiger partial charge >= 0.3 is 5.63 Å². The molecule has 0 bridgehead atoms. The van der Waals surface area contributed by atoms with Crippen LogP contribution in [0.5, 0.6) is 0 Å². The predicted molar refractivity (Wildman–Crippen MR) is 113 cm³/mol. The SMILES string of the molecule is C/C(=N\N=C1\SCC(=O)N1c1cccc(C)c1)c1cc2ccccc2oc1=O. The summed E-state index contributed by atoms with van der Waals surface area (Å²) < 4.78 is 5.35. The third kappa shape index (κ3) is 3.48. The van der Waals surface area contributed by atoms with E-state index in [9.17, 15) is 9.59 Å². The number of amides is 1. The molecule has 0 N–H and O–H groups in total. The van der Waals surface area contributed by atoms with Crippen molar-refractivity contribution in [3.05, 3.63) is 76.1 Å². The summed E-state index contributed by atoms with van der Waals surface area (Å²) in [6.07, 6.45) is 0. The van der Waals surface area contributed by atoms with E-state index in [2.05, 4.69) is 10.2 Å². The van der Waals surface area contributed by atoms with Crippen LogP contribution in [0, 0.1) is 6.92 Å². The molecule has 1 aliphatic rings. The van der Waals surface area contributed by atoms with Crippen molar-refractivity contribution in [2.75, 3.05) is 10.7 Å². The summed E-state index contributed by atoms with van der Waals surface area (Å²) in [5.74, 6) is 0.256. The molecule has 0 aliphatic carbocycles. The number of hydrogen-bond acceptors (Lipinski definition) is 6. The number of carbonyl (C=O) groups is 1. The molecule has 1 aliphatic heterocycles. The predicted octanol–water partition coefficient (Wildman–Crippen LogP) is 3.96. The van der Waals surface area contributed by atoms with E-state index in [1.807, 2.05) is 49.4 Å². The average molecular weight is 391 g/mol. The normalized spacial score (nSPS) is 16.4. The van der Waals surface area contributed by atoms with E-state index in [4.69, 9.17) is 4.42 Å². The van der Waals surface area contributed by atoms with E-state index in [1.165, 1.54) is 11.8 Å². The van der Waals surface area contributed by atoms with E-state index in [-0.39, 0.29) is 5.91 Å². The molecule has 2 heterocycles. The highest BCUT2D eigenvalue weighted by Gasteiger charge is 2.30. The molecule has 0 radical (unpaired) electrons. The van der Waals surface area contributed by atoms with Crippen LogP contribution in [0.25, 0.3) is 11.0 Å². The Morgan fingerprint density at radius 2 is 1.93 bits per heavy atom. The standard InChI is InChI=1S/C21H17N3O3S/c1-13-6-5-8-16(10-13)24-19(25)12-28-21(24)23-22-14(2)17-11-15-7-3-4-9-18(15)27-20(17)26/h3-11H,12H2,1-2H3/b22-14+,23-21+. The van der Waals surface area contributed by atoms with Gasteiger partial charge in [-0.1, -0.05) is 42.1 Å². The first-order valence-electron chi connectivity index (χ1n) is 8.71. The van der Waals surface area contributed by atoms with Gasteiger partial charge in [-0.2, -0.15) is 5.10 Å². The zero-order valence-electron chi connectivity index (χ0n) is 15.4. The second kappa shape index (κ2) is 7.44. The second-order valence-corrected chi connectivity index (χ2v) is 7.35. The maximum absolute atomic E-state index is 12.3. The van der Waals surface area contributed by atoms with Crippen molar-refractivity contribution in [1.82, 2.24) is 0 Å². The molecule has 6 nitrogen and oxygen atoms in total. The first-order chi connectivity index (χ1) is 13.5. The maximum Gasteiger partial charge on any atom is 0.345 e. The molecule has 2 aromatic carbocycles. The van der Waals surface area contributed by atoms with Gasteiger partial charge in [0.1, 0.15) is 5.58 Å². The fraction of sp³-hybridized carbons (Fsp3) is 0.143. The van der Waals surface area contributed by atoms with Gasteiger partial charge in [-0.3, -0.25) is 9.69 Å². The lowest BCUT2D eigenvalue weighted by molar-refractivity contribution is -0.115. The van der Waals surface area contributed by atoms with Crippen molar-refractivity contribution in [1.29, 1.82) is 0 Å². The quantitative estimate of drug-likeness (QED) is 0.385. The Morgan fingerprint density at radius 1 is 1.11 bits per heavy atom. The van der Waals surface area contributed by atoms with Gasteiger partial charge in [0.25, 0.3) is 0 Å². The summed E-state index contributed by atoms with van der Waals surface area (Å²) in [7, 11) is 0. The van der Waals surface area contributed by atoms with Gasteiger partial charge in [-0.25, -0.2) is 4.79 Å². The third-order valence-electron chi connectivity index (χ3n) is 4.34. The molecule has 4 rings (SSSR count). The molecule has 1 saturated heterocycles. The van der Waals surface area contributed by atoms with Crippen LogP contribution in [-0.2, 0) is 4.79 Å². The number of thioether (sulfide) groups is 1. The van der Waals surface area contributed by atoms with Crippen molar-refractivity contribution >= 4 is 45.2 Å².